The molecule has 1 rings (SSSR count). The van der Waals surface area contributed by atoms with Gasteiger partial charge in [-0.05, 0) is 12.1 Å². The van der Waals surface area contributed by atoms with Crippen LogP contribution >= 0.6 is 0 Å². The third-order valence-electron chi connectivity index (χ3n) is 3.37. The fourth-order valence-electron chi connectivity index (χ4n) is 2.06. The Kier molecular flexibility index (Phi) is 7.74. The van der Waals surface area contributed by atoms with Gasteiger partial charge in [-0.1, -0.05) is 6.07 Å². The first-order chi connectivity index (χ1) is 13.4. The van der Waals surface area contributed by atoms with Gasteiger partial charge in [0.25, 0.3) is 0 Å². The number of nitrogens with zero attached hydrogens (tertiary/aromatic N) is 1. The molecule has 0 aliphatic carbocycles. The monoisotopic (exact) mass is 489 g/mol. The van der Waals surface area contributed by atoms with Gasteiger partial charge in [-0.3, -0.25) is 0 Å². The summed E-state index contributed by atoms with van der Waals surface area (Å²) in [6.07, 6.45) is -14.3. The van der Waals surface area contributed by atoms with E-state index < -0.39 is 83.5 Å². The van der Waals surface area contributed by atoms with Gasteiger partial charge < -0.3 is 4.74 Å². The maximum Gasteiger partial charge on any atom is 0.390 e. The van der Waals surface area contributed by atoms with Crippen molar-refractivity contribution in [3.8, 4) is 0 Å². The van der Waals surface area contributed by atoms with Gasteiger partial charge in [0.05, 0.1) is 37.0 Å². The SMILES string of the molecule is COC(=O)c1cccc(N(S(=O)(=O)CCC(F)(F)F)S(=O)(=O)CCC(F)(F)F)c1F. The molecule has 1 aromatic rings. The van der Waals surface area contributed by atoms with Gasteiger partial charge in [0.2, 0.25) is 20.0 Å². The number of carbonyl (C=O) groups is 1. The summed E-state index contributed by atoms with van der Waals surface area (Å²) < 4.78 is 142. The summed E-state index contributed by atoms with van der Waals surface area (Å²) in [5.74, 6) is -7.02. The van der Waals surface area contributed by atoms with Crippen molar-refractivity contribution in [2.45, 2.75) is 25.2 Å². The van der Waals surface area contributed by atoms with E-state index in [0.29, 0.717) is 6.07 Å². The molecule has 1 aromatic carbocycles. The molecule has 0 radical (unpaired) electrons. The van der Waals surface area contributed by atoms with E-state index in [2.05, 4.69) is 4.74 Å². The standard InChI is InChI=1S/C14H14F7NO6S2/c1-28-12(23)9-3-2-4-10(11(9)15)22(29(24,25)7-5-13(16,17)18)30(26,27)8-6-14(19,20)21/h2-4H,5-8H2,1H3. The second-order valence-corrected chi connectivity index (χ2v) is 9.80. The quantitative estimate of drug-likeness (QED) is 0.412. The lowest BCUT2D eigenvalue weighted by Gasteiger charge is -2.25. The molecule has 0 bridgehead atoms. The van der Waals surface area contributed by atoms with Crippen LogP contribution in [0.25, 0.3) is 0 Å². The highest BCUT2D eigenvalue weighted by Gasteiger charge is 2.41. The molecule has 30 heavy (non-hydrogen) atoms. The van der Waals surface area contributed by atoms with Crippen molar-refractivity contribution in [3.63, 3.8) is 0 Å². The number of ether oxygens (including phenoxy) is 1. The zero-order valence-electron chi connectivity index (χ0n) is 14.9. The first-order valence-electron chi connectivity index (χ1n) is 7.67. The Morgan fingerprint density at radius 2 is 1.37 bits per heavy atom. The molecule has 0 unspecified atom stereocenters. The lowest BCUT2D eigenvalue weighted by Crippen LogP contribution is -2.42. The number of rotatable bonds is 8. The highest BCUT2D eigenvalue weighted by molar-refractivity contribution is 8.10. The van der Waals surface area contributed by atoms with Crippen LogP contribution in [-0.2, 0) is 24.8 Å². The Labute approximate surface area is 166 Å². The third-order valence-corrected chi connectivity index (χ3v) is 7.58. The van der Waals surface area contributed by atoms with E-state index in [0.717, 1.165) is 19.2 Å². The summed E-state index contributed by atoms with van der Waals surface area (Å²) in [4.78, 5) is 11.5. The van der Waals surface area contributed by atoms with Crippen LogP contribution in [0.15, 0.2) is 18.2 Å². The average Bonchev–Trinajstić information content (AvgIpc) is 2.58. The van der Waals surface area contributed by atoms with Crippen molar-refractivity contribution < 1.29 is 57.1 Å². The first-order valence-corrected chi connectivity index (χ1v) is 10.9. The molecule has 0 aromatic heterocycles. The average molecular weight is 489 g/mol. The maximum atomic E-state index is 14.7. The number of esters is 1. The molecule has 0 aliphatic heterocycles. The molecule has 7 nitrogen and oxygen atoms in total. The van der Waals surface area contributed by atoms with Crippen LogP contribution in [0.3, 0.4) is 0 Å². The number of carbonyl (C=O) groups excluding carboxylic acids is 1. The Morgan fingerprint density at radius 3 is 1.73 bits per heavy atom. The van der Waals surface area contributed by atoms with Crippen LogP contribution in [0.5, 0.6) is 0 Å². The topological polar surface area (TPSA) is 97.8 Å². The summed E-state index contributed by atoms with van der Waals surface area (Å²) in [5, 5.41) is 0. The zero-order valence-corrected chi connectivity index (χ0v) is 16.6. The molecule has 0 saturated carbocycles. The van der Waals surface area contributed by atoms with Crippen molar-refractivity contribution >= 4 is 31.7 Å². The molecule has 0 spiro atoms. The number of benzene rings is 1. The van der Waals surface area contributed by atoms with Gasteiger partial charge >= 0.3 is 18.3 Å². The Morgan fingerprint density at radius 1 is 0.933 bits per heavy atom. The molecule has 0 saturated heterocycles. The minimum atomic E-state index is -5.54. The zero-order chi connectivity index (χ0) is 23.5. The summed E-state index contributed by atoms with van der Waals surface area (Å²) in [5.41, 5.74) is -2.43. The molecule has 0 N–H and O–H groups in total. The summed E-state index contributed by atoms with van der Waals surface area (Å²) in [6, 6.07) is 1.99. The number of anilines is 1. The fraction of sp³-hybridized carbons (Fsp3) is 0.500. The van der Waals surface area contributed by atoms with E-state index in [1.807, 2.05) is 0 Å². The van der Waals surface area contributed by atoms with Crippen LogP contribution in [-0.4, -0.2) is 53.8 Å². The van der Waals surface area contributed by atoms with Crippen molar-refractivity contribution in [2.24, 2.45) is 0 Å². The fourth-order valence-corrected chi connectivity index (χ4v) is 6.08. The van der Waals surface area contributed by atoms with Gasteiger partial charge in [-0.2, -0.15) is 30.1 Å². The molecule has 0 atom stereocenters. The third kappa shape index (κ3) is 7.00. The number of sulfonamides is 2. The van der Waals surface area contributed by atoms with Crippen molar-refractivity contribution in [2.75, 3.05) is 22.3 Å². The smallest absolute Gasteiger partial charge is 0.390 e. The molecule has 0 heterocycles. The molecule has 0 amide bonds. The molecule has 172 valence electrons. The molecule has 16 heteroatoms. The molecule has 0 aliphatic rings. The van der Waals surface area contributed by atoms with Gasteiger partial charge in [-0.25, -0.2) is 26.0 Å². The van der Waals surface area contributed by atoms with Crippen LogP contribution in [0.4, 0.5) is 36.4 Å². The Bertz CT molecular complexity index is 939. The van der Waals surface area contributed by atoms with E-state index in [1.54, 1.807) is 0 Å². The van der Waals surface area contributed by atoms with E-state index in [-0.39, 0.29) is 0 Å². The van der Waals surface area contributed by atoms with E-state index in [4.69, 9.17) is 0 Å². The highest BCUT2D eigenvalue weighted by atomic mass is 32.3. The summed E-state index contributed by atoms with van der Waals surface area (Å²) >= 11 is 0. The number of alkyl halides is 6. The Hall–Kier alpha value is -2.10. The van der Waals surface area contributed by atoms with Crippen LogP contribution in [0, 0.1) is 5.82 Å². The summed E-state index contributed by atoms with van der Waals surface area (Å²) in [7, 11) is -10.3. The van der Waals surface area contributed by atoms with Crippen LogP contribution in [0.2, 0.25) is 0 Å². The van der Waals surface area contributed by atoms with E-state index >= 15 is 0 Å². The lowest BCUT2D eigenvalue weighted by atomic mass is 10.2. The molecular formula is C14H14F7NO6S2. The number of hydrogen-bond acceptors (Lipinski definition) is 6. The highest BCUT2D eigenvalue weighted by Crippen LogP contribution is 2.32. The number of methoxy groups -OCH3 is 1. The second-order valence-electron chi connectivity index (χ2n) is 5.69. The maximum absolute atomic E-state index is 14.7. The minimum Gasteiger partial charge on any atom is -0.465 e. The van der Waals surface area contributed by atoms with Crippen molar-refractivity contribution in [3.05, 3.63) is 29.6 Å². The van der Waals surface area contributed by atoms with E-state index in [1.165, 1.54) is 0 Å². The number of hydrogen-bond donors (Lipinski definition) is 0. The van der Waals surface area contributed by atoms with Crippen LogP contribution < -0.4 is 3.71 Å². The Balaban J connectivity index is 3.62. The normalized spacial score (nSPS) is 13.2. The van der Waals surface area contributed by atoms with Gasteiger partial charge in [0, 0.05) is 0 Å². The largest absolute Gasteiger partial charge is 0.465 e. The number of halogens is 7. The molecular weight excluding hydrogens is 475 g/mol. The summed E-state index contributed by atoms with van der Waals surface area (Å²) in [6.45, 7) is 0. The van der Waals surface area contributed by atoms with E-state index in [9.17, 15) is 52.4 Å². The predicted octanol–water partition coefficient (Wildman–Crippen LogP) is 2.98. The van der Waals surface area contributed by atoms with Gasteiger partial charge in [0.15, 0.2) is 5.82 Å². The first kappa shape index (κ1) is 25.9. The second kappa shape index (κ2) is 8.95. The minimum absolute atomic E-state index is 0.470. The van der Waals surface area contributed by atoms with Crippen molar-refractivity contribution in [1.82, 2.24) is 0 Å². The van der Waals surface area contributed by atoms with Crippen LogP contribution in [0.1, 0.15) is 23.2 Å². The van der Waals surface area contributed by atoms with Crippen molar-refractivity contribution in [1.29, 1.82) is 0 Å². The lowest BCUT2D eigenvalue weighted by molar-refractivity contribution is -0.130. The van der Waals surface area contributed by atoms with Gasteiger partial charge in [-0.15, -0.1) is 0 Å². The predicted molar refractivity (Wildman–Crippen MR) is 89.1 cm³/mol. The molecule has 0 fully saturated rings. The van der Waals surface area contributed by atoms with Gasteiger partial charge in [0.1, 0.15) is 5.69 Å².